The van der Waals surface area contributed by atoms with E-state index in [0.717, 1.165) is 31.9 Å². The summed E-state index contributed by atoms with van der Waals surface area (Å²) in [5.74, 6) is 3.40. The Morgan fingerprint density at radius 2 is 2.06 bits per heavy atom. The molecule has 0 saturated heterocycles. The standard InChI is InChI=1S/C14H23NOS/c1-3-15-12-13-8-5-6-9-14(13)16-10-7-11-17-4-2/h5-6,8-9,15H,3-4,7,10-12H2,1-2H3. The summed E-state index contributed by atoms with van der Waals surface area (Å²) in [6.07, 6.45) is 1.12. The molecular formula is C14H23NOS. The Labute approximate surface area is 109 Å². The molecule has 1 aromatic rings. The maximum Gasteiger partial charge on any atom is 0.123 e. The van der Waals surface area contributed by atoms with Gasteiger partial charge in [0.15, 0.2) is 0 Å². The van der Waals surface area contributed by atoms with Gasteiger partial charge in [0.2, 0.25) is 0 Å². The fraction of sp³-hybridized carbons (Fsp3) is 0.571. The first-order valence-electron chi connectivity index (χ1n) is 6.37. The van der Waals surface area contributed by atoms with E-state index >= 15 is 0 Å². The number of thioether (sulfide) groups is 1. The quantitative estimate of drug-likeness (QED) is 0.682. The van der Waals surface area contributed by atoms with E-state index in [-0.39, 0.29) is 0 Å². The summed E-state index contributed by atoms with van der Waals surface area (Å²) in [5, 5.41) is 3.33. The number of hydrogen-bond donors (Lipinski definition) is 1. The molecule has 1 aromatic carbocycles. The number of para-hydroxylation sites is 1. The molecule has 0 aliphatic heterocycles. The van der Waals surface area contributed by atoms with Gasteiger partial charge in [0, 0.05) is 12.1 Å². The van der Waals surface area contributed by atoms with Crippen LogP contribution in [0, 0.1) is 0 Å². The van der Waals surface area contributed by atoms with E-state index in [9.17, 15) is 0 Å². The van der Waals surface area contributed by atoms with E-state index in [2.05, 4.69) is 37.4 Å². The Morgan fingerprint density at radius 3 is 2.82 bits per heavy atom. The summed E-state index contributed by atoms with van der Waals surface area (Å²) in [6, 6.07) is 8.27. The summed E-state index contributed by atoms with van der Waals surface area (Å²) >= 11 is 1.97. The lowest BCUT2D eigenvalue weighted by atomic mass is 10.2. The summed E-state index contributed by atoms with van der Waals surface area (Å²) in [7, 11) is 0. The summed E-state index contributed by atoms with van der Waals surface area (Å²) in [4.78, 5) is 0. The van der Waals surface area contributed by atoms with Gasteiger partial charge in [0.05, 0.1) is 6.61 Å². The lowest BCUT2D eigenvalue weighted by Crippen LogP contribution is -2.13. The zero-order valence-corrected chi connectivity index (χ0v) is 11.7. The fourth-order valence-electron chi connectivity index (χ4n) is 1.54. The number of benzene rings is 1. The highest BCUT2D eigenvalue weighted by Crippen LogP contribution is 2.18. The van der Waals surface area contributed by atoms with Gasteiger partial charge in [-0.05, 0) is 30.5 Å². The number of ether oxygens (including phenoxy) is 1. The van der Waals surface area contributed by atoms with Crippen molar-refractivity contribution in [3.05, 3.63) is 29.8 Å². The molecule has 0 fully saturated rings. The molecule has 0 spiro atoms. The summed E-state index contributed by atoms with van der Waals surface area (Å²) < 4.78 is 5.83. The minimum atomic E-state index is 0.816. The van der Waals surface area contributed by atoms with Gasteiger partial charge in [-0.15, -0.1) is 0 Å². The van der Waals surface area contributed by atoms with Gasteiger partial charge in [-0.1, -0.05) is 32.0 Å². The SMILES string of the molecule is CCNCc1ccccc1OCCCSCC. The Balaban J connectivity index is 2.35. The smallest absolute Gasteiger partial charge is 0.123 e. The molecule has 1 N–H and O–H groups in total. The Kier molecular flexibility index (Phi) is 7.93. The number of hydrogen-bond acceptors (Lipinski definition) is 3. The highest BCUT2D eigenvalue weighted by molar-refractivity contribution is 7.99. The van der Waals surface area contributed by atoms with Crippen molar-refractivity contribution in [3.63, 3.8) is 0 Å². The molecule has 0 bridgehead atoms. The Hall–Kier alpha value is -0.670. The molecule has 0 aliphatic carbocycles. The summed E-state index contributed by atoms with van der Waals surface area (Å²) in [5.41, 5.74) is 1.25. The van der Waals surface area contributed by atoms with Gasteiger partial charge in [-0.25, -0.2) is 0 Å². The Bertz CT molecular complexity index is 304. The monoisotopic (exact) mass is 253 g/mol. The average Bonchev–Trinajstić information content (AvgIpc) is 2.37. The van der Waals surface area contributed by atoms with Crippen LogP contribution in [0.4, 0.5) is 0 Å². The van der Waals surface area contributed by atoms with E-state index in [0.29, 0.717) is 0 Å². The third kappa shape index (κ3) is 5.99. The van der Waals surface area contributed by atoms with Crippen LogP contribution in [0.3, 0.4) is 0 Å². The lowest BCUT2D eigenvalue weighted by molar-refractivity contribution is 0.314. The van der Waals surface area contributed by atoms with Crippen LogP contribution < -0.4 is 10.1 Å². The molecule has 2 nitrogen and oxygen atoms in total. The predicted octanol–water partition coefficient (Wildman–Crippen LogP) is 3.32. The minimum absolute atomic E-state index is 0.816. The second kappa shape index (κ2) is 9.37. The third-order valence-corrected chi connectivity index (χ3v) is 3.42. The molecule has 17 heavy (non-hydrogen) atoms. The number of rotatable bonds is 9. The van der Waals surface area contributed by atoms with Gasteiger partial charge in [-0.3, -0.25) is 0 Å². The van der Waals surface area contributed by atoms with E-state index in [4.69, 9.17) is 4.74 Å². The van der Waals surface area contributed by atoms with Gasteiger partial charge >= 0.3 is 0 Å². The zero-order chi connectivity index (χ0) is 12.3. The highest BCUT2D eigenvalue weighted by atomic mass is 32.2. The van der Waals surface area contributed by atoms with Crippen molar-refractivity contribution < 1.29 is 4.74 Å². The van der Waals surface area contributed by atoms with Gasteiger partial charge in [0.25, 0.3) is 0 Å². The largest absolute Gasteiger partial charge is 0.493 e. The minimum Gasteiger partial charge on any atom is -0.493 e. The molecule has 0 heterocycles. The fourth-order valence-corrected chi connectivity index (χ4v) is 2.15. The molecule has 0 atom stereocenters. The van der Waals surface area contributed by atoms with Crippen molar-refractivity contribution >= 4 is 11.8 Å². The van der Waals surface area contributed by atoms with Crippen molar-refractivity contribution in [2.24, 2.45) is 0 Å². The van der Waals surface area contributed by atoms with Crippen molar-refractivity contribution in [1.29, 1.82) is 0 Å². The van der Waals surface area contributed by atoms with Crippen LogP contribution in [0.1, 0.15) is 25.8 Å². The van der Waals surface area contributed by atoms with Crippen LogP contribution in [0.5, 0.6) is 5.75 Å². The van der Waals surface area contributed by atoms with Crippen LogP contribution >= 0.6 is 11.8 Å². The van der Waals surface area contributed by atoms with Crippen LogP contribution in [-0.4, -0.2) is 24.7 Å². The van der Waals surface area contributed by atoms with Gasteiger partial charge in [0.1, 0.15) is 5.75 Å². The van der Waals surface area contributed by atoms with Crippen LogP contribution in [0.15, 0.2) is 24.3 Å². The topological polar surface area (TPSA) is 21.3 Å². The molecule has 96 valence electrons. The van der Waals surface area contributed by atoms with Crippen LogP contribution in [0.2, 0.25) is 0 Å². The molecule has 0 aromatic heterocycles. The van der Waals surface area contributed by atoms with E-state index < -0.39 is 0 Å². The maximum atomic E-state index is 5.83. The average molecular weight is 253 g/mol. The molecule has 1 rings (SSSR count). The second-order valence-corrected chi connectivity index (χ2v) is 5.18. The second-order valence-electron chi connectivity index (χ2n) is 3.79. The lowest BCUT2D eigenvalue weighted by Gasteiger charge is -2.11. The van der Waals surface area contributed by atoms with Crippen molar-refractivity contribution in [2.75, 3.05) is 24.7 Å². The van der Waals surface area contributed by atoms with Crippen LogP contribution in [0.25, 0.3) is 0 Å². The van der Waals surface area contributed by atoms with Gasteiger partial charge in [-0.2, -0.15) is 11.8 Å². The first kappa shape index (κ1) is 14.4. The molecule has 0 aliphatic rings. The molecule has 0 saturated carbocycles. The highest BCUT2D eigenvalue weighted by Gasteiger charge is 2.01. The van der Waals surface area contributed by atoms with Gasteiger partial charge < -0.3 is 10.1 Å². The first-order valence-corrected chi connectivity index (χ1v) is 7.53. The third-order valence-electron chi connectivity index (χ3n) is 2.43. The summed E-state index contributed by atoms with van der Waals surface area (Å²) in [6.45, 7) is 7.00. The Morgan fingerprint density at radius 1 is 1.24 bits per heavy atom. The molecule has 0 amide bonds. The normalized spacial score (nSPS) is 10.5. The maximum absolute atomic E-state index is 5.83. The van der Waals surface area contributed by atoms with E-state index in [1.165, 1.54) is 17.1 Å². The molecule has 0 radical (unpaired) electrons. The first-order chi connectivity index (χ1) is 8.38. The zero-order valence-electron chi connectivity index (χ0n) is 10.9. The molecule has 0 unspecified atom stereocenters. The molecular weight excluding hydrogens is 230 g/mol. The van der Waals surface area contributed by atoms with Crippen molar-refractivity contribution in [3.8, 4) is 5.75 Å². The van der Waals surface area contributed by atoms with Crippen molar-refractivity contribution in [2.45, 2.75) is 26.8 Å². The number of nitrogens with one attached hydrogen (secondary N) is 1. The van der Waals surface area contributed by atoms with E-state index in [1.54, 1.807) is 0 Å². The predicted molar refractivity (Wildman–Crippen MR) is 76.9 cm³/mol. The van der Waals surface area contributed by atoms with Crippen molar-refractivity contribution in [1.82, 2.24) is 5.32 Å². The molecule has 3 heteroatoms. The van der Waals surface area contributed by atoms with E-state index in [1.807, 2.05) is 17.8 Å². The van der Waals surface area contributed by atoms with Crippen LogP contribution in [-0.2, 0) is 6.54 Å².